The van der Waals surface area contributed by atoms with Crippen molar-refractivity contribution in [2.75, 3.05) is 13.2 Å². The molecule has 1 aromatic heterocycles. The molecular weight excluding hydrogens is 406 g/mol. The van der Waals surface area contributed by atoms with Gasteiger partial charge in [-0.2, -0.15) is 0 Å². The van der Waals surface area contributed by atoms with Gasteiger partial charge in [-0.05, 0) is 37.3 Å². The van der Waals surface area contributed by atoms with E-state index < -0.39 is 27.7 Å². The molecule has 1 heterocycles. The average molecular weight is 426 g/mol. The molecule has 10 heteroatoms. The van der Waals surface area contributed by atoms with Crippen molar-refractivity contribution >= 4 is 28.2 Å². The predicted molar refractivity (Wildman–Crippen MR) is 105 cm³/mol. The standard InChI is InChI=1S/C18H19N3O5S.ClH/c1-2-3-11-26-15-6-8-16(9-7-15)27(24,25)18(20-13-17(22)21-23)14-5-4-10-19-12-14;/h4-10,12,18,20,23H,11,13H2,1H3,(H,21,22);1H. The number of benzene rings is 1. The van der Waals surface area contributed by atoms with Gasteiger partial charge in [0.15, 0.2) is 9.84 Å². The second kappa shape index (κ2) is 11.3. The number of sulfone groups is 1. The normalized spacial score (nSPS) is 11.4. The van der Waals surface area contributed by atoms with Gasteiger partial charge in [0.05, 0.1) is 11.4 Å². The third-order valence-electron chi connectivity index (χ3n) is 3.51. The van der Waals surface area contributed by atoms with Crippen LogP contribution >= 0.6 is 12.4 Å². The Kier molecular flexibility index (Phi) is 9.41. The zero-order valence-electron chi connectivity index (χ0n) is 15.0. The second-order valence-corrected chi connectivity index (χ2v) is 7.35. The first kappa shape index (κ1) is 23.4. The van der Waals surface area contributed by atoms with Crippen molar-refractivity contribution in [3.8, 4) is 17.6 Å². The van der Waals surface area contributed by atoms with Crippen molar-refractivity contribution in [1.29, 1.82) is 0 Å². The lowest BCUT2D eigenvalue weighted by molar-refractivity contribution is -0.128. The lowest BCUT2D eigenvalue weighted by atomic mass is 10.3. The maximum atomic E-state index is 13.1. The molecule has 0 radical (unpaired) electrons. The summed E-state index contributed by atoms with van der Waals surface area (Å²) >= 11 is 0. The molecule has 3 N–H and O–H groups in total. The first-order valence-corrected chi connectivity index (χ1v) is 9.46. The smallest absolute Gasteiger partial charge is 0.257 e. The molecule has 1 atom stereocenters. The molecule has 8 nitrogen and oxygen atoms in total. The van der Waals surface area contributed by atoms with Gasteiger partial charge >= 0.3 is 0 Å². The van der Waals surface area contributed by atoms with E-state index in [0.717, 1.165) is 0 Å². The molecular formula is C18H20ClN3O5S. The molecule has 1 unspecified atom stereocenters. The van der Waals surface area contributed by atoms with E-state index in [1.807, 2.05) is 0 Å². The van der Waals surface area contributed by atoms with E-state index in [-0.39, 0.29) is 23.9 Å². The third-order valence-corrected chi connectivity index (χ3v) is 5.50. The highest BCUT2D eigenvalue weighted by Crippen LogP contribution is 2.27. The lowest BCUT2D eigenvalue weighted by Crippen LogP contribution is -2.37. The Hall–Kier alpha value is -2.64. The van der Waals surface area contributed by atoms with Crippen LogP contribution < -0.4 is 15.5 Å². The number of nitrogens with one attached hydrogen (secondary N) is 2. The van der Waals surface area contributed by atoms with E-state index >= 15 is 0 Å². The Labute approximate surface area is 169 Å². The number of hydroxylamine groups is 1. The molecule has 28 heavy (non-hydrogen) atoms. The van der Waals surface area contributed by atoms with Crippen molar-refractivity contribution in [1.82, 2.24) is 15.8 Å². The molecule has 0 saturated carbocycles. The number of nitrogens with zero attached hydrogens (tertiary/aromatic N) is 1. The minimum absolute atomic E-state index is 0. The molecule has 0 fully saturated rings. The number of carbonyl (C=O) groups excluding carboxylic acids is 1. The second-order valence-electron chi connectivity index (χ2n) is 5.31. The van der Waals surface area contributed by atoms with E-state index in [4.69, 9.17) is 9.94 Å². The minimum atomic E-state index is -3.90. The Bertz CT molecular complexity index is 925. The van der Waals surface area contributed by atoms with E-state index in [2.05, 4.69) is 22.1 Å². The van der Waals surface area contributed by atoms with Crippen molar-refractivity contribution < 1.29 is 23.2 Å². The average Bonchev–Trinajstić information content (AvgIpc) is 2.69. The number of aromatic nitrogens is 1. The zero-order chi connectivity index (χ0) is 19.7. The topological polar surface area (TPSA) is 118 Å². The fourth-order valence-corrected chi connectivity index (χ4v) is 3.80. The van der Waals surface area contributed by atoms with Gasteiger partial charge in [0, 0.05) is 18.0 Å². The number of amides is 1. The highest BCUT2D eigenvalue weighted by atomic mass is 35.5. The van der Waals surface area contributed by atoms with Gasteiger partial charge in [-0.15, -0.1) is 18.3 Å². The van der Waals surface area contributed by atoms with Crippen LogP contribution in [0.15, 0.2) is 53.7 Å². The summed E-state index contributed by atoms with van der Waals surface area (Å²) in [5.74, 6) is 5.17. The third kappa shape index (κ3) is 6.21. The Morgan fingerprint density at radius 2 is 2.00 bits per heavy atom. The number of hydrogen-bond acceptors (Lipinski definition) is 7. The van der Waals surface area contributed by atoms with Gasteiger partial charge in [-0.3, -0.25) is 20.3 Å². The molecule has 0 spiro atoms. The van der Waals surface area contributed by atoms with Crippen LogP contribution in [-0.2, 0) is 14.6 Å². The first-order valence-electron chi connectivity index (χ1n) is 7.91. The van der Waals surface area contributed by atoms with Crippen molar-refractivity contribution in [3.63, 3.8) is 0 Å². The van der Waals surface area contributed by atoms with Gasteiger partial charge in [0.1, 0.15) is 17.7 Å². The summed E-state index contributed by atoms with van der Waals surface area (Å²) in [5.41, 5.74) is 1.82. The van der Waals surface area contributed by atoms with Gasteiger partial charge in [-0.25, -0.2) is 13.9 Å². The van der Waals surface area contributed by atoms with E-state index in [1.54, 1.807) is 19.1 Å². The monoisotopic (exact) mass is 425 g/mol. The molecule has 0 saturated heterocycles. The number of rotatable bonds is 8. The van der Waals surface area contributed by atoms with E-state index in [9.17, 15) is 13.2 Å². The van der Waals surface area contributed by atoms with Crippen LogP contribution in [0.4, 0.5) is 0 Å². The van der Waals surface area contributed by atoms with Crippen LogP contribution in [0.3, 0.4) is 0 Å². The Balaban J connectivity index is 0.00000392. The molecule has 0 bridgehead atoms. The molecule has 2 rings (SSSR count). The molecule has 0 aliphatic carbocycles. The van der Waals surface area contributed by atoms with Gasteiger partial charge in [0.2, 0.25) is 0 Å². The summed E-state index contributed by atoms with van der Waals surface area (Å²) in [7, 11) is -3.90. The van der Waals surface area contributed by atoms with Crippen LogP contribution in [-0.4, -0.2) is 37.7 Å². The SMILES string of the molecule is CC#CCOc1ccc(S(=O)(=O)C(NCC(=O)NO)c2cccnc2)cc1.Cl. The number of hydrogen-bond donors (Lipinski definition) is 3. The summed E-state index contributed by atoms with van der Waals surface area (Å²) in [5, 5.41) is 10.0. The largest absolute Gasteiger partial charge is 0.481 e. The number of ether oxygens (including phenoxy) is 1. The van der Waals surface area contributed by atoms with Crippen LogP contribution in [0.5, 0.6) is 5.75 Å². The minimum Gasteiger partial charge on any atom is -0.481 e. The van der Waals surface area contributed by atoms with Gasteiger partial charge < -0.3 is 4.74 Å². The highest BCUT2D eigenvalue weighted by molar-refractivity contribution is 7.91. The van der Waals surface area contributed by atoms with Gasteiger partial charge in [-0.1, -0.05) is 12.0 Å². The Morgan fingerprint density at radius 3 is 2.57 bits per heavy atom. The summed E-state index contributed by atoms with van der Waals surface area (Å²) in [6.07, 6.45) is 2.91. The summed E-state index contributed by atoms with van der Waals surface area (Å²) < 4.78 is 31.5. The fraction of sp³-hybridized carbons (Fsp3) is 0.222. The van der Waals surface area contributed by atoms with E-state index in [1.165, 1.54) is 42.1 Å². The van der Waals surface area contributed by atoms with E-state index in [0.29, 0.717) is 11.3 Å². The summed E-state index contributed by atoms with van der Waals surface area (Å²) in [6, 6.07) is 9.08. The molecule has 0 aliphatic rings. The molecule has 2 aromatic rings. The number of carbonyl (C=O) groups is 1. The molecule has 1 amide bonds. The van der Waals surface area contributed by atoms with Crippen LogP contribution in [0.25, 0.3) is 0 Å². The lowest BCUT2D eigenvalue weighted by Gasteiger charge is -2.19. The maximum absolute atomic E-state index is 13.1. The van der Waals surface area contributed by atoms with Crippen molar-refractivity contribution in [3.05, 3.63) is 54.4 Å². The first-order chi connectivity index (χ1) is 13.0. The summed E-state index contributed by atoms with van der Waals surface area (Å²) in [6.45, 7) is 1.51. The number of pyridine rings is 1. The highest BCUT2D eigenvalue weighted by Gasteiger charge is 2.29. The molecule has 150 valence electrons. The van der Waals surface area contributed by atoms with Gasteiger partial charge in [0.25, 0.3) is 5.91 Å². The van der Waals surface area contributed by atoms with Crippen LogP contribution in [0.1, 0.15) is 17.9 Å². The maximum Gasteiger partial charge on any atom is 0.257 e. The zero-order valence-corrected chi connectivity index (χ0v) is 16.6. The van der Waals surface area contributed by atoms with Crippen molar-refractivity contribution in [2.45, 2.75) is 17.2 Å². The Morgan fingerprint density at radius 1 is 1.29 bits per heavy atom. The molecule has 0 aliphatic heterocycles. The number of halogens is 1. The predicted octanol–water partition coefficient (Wildman–Crippen LogP) is 1.47. The summed E-state index contributed by atoms with van der Waals surface area (Å²) in [4.78, 5) is 15.3. The van der Waals surface area contributed by atoms with Crippen LogP contribution in [0.2, 0.25) is 0 Å². The quantitative estimate of drug-likeness (QED) is 0.333. The fourth-order valence-electron chi connectivity index (χ4n) is 2.22. The molecule has 1 aromatic carbocycles. The van der Waals surface area contributed by atoms with Crippen LogP contribution in [0, 0.1) is 11.8 Å². The van der Waals surface area contributed by atoms with Crippen molar-refractivity contribution in [2.24, 2.45) is 0 Å².